The first-order chi connectivity index (χ1) is 20.1. The van der Waals surface area contributed by atoms with E-state index in [1.54, 1.807) is 17.2 Å². The van der Waals surface area contributed by atoms with Crippen LogP contribution in [0.1, 0.15) is 50.0 Å². The Kier molecular flexibility index (Phi) is 10.2. The third kappa shape index (κ3) is 8.31. The Balaban J connectivity index is 1.40. The largest absolute Gasteiger partial charge is 0.493 e. The summed E-state index contributed by atoms with van der Waals surface area (Å²) in [5.74, 6) is 1.64. The number of carbonyl (C=O) groups is 2. The van der Waals surface area contributed by atoms with Crippen LogP contribution >= 0.6 is 0 Å². The number of nitrogens with zero attached hydrogens (tertiary/aromatic N) is 5. The van der Waals surface area contributed by atoms with Gasteiger partial charge in [0.2, 0.25) is 11.9 Å². The molecule has 4 rings (SSSR count). The SMILES string of the molecule is CCNc1ncc2c(n1)N(C)CCN(c1cccc(OCCCN(Cc3ccccc3)C(=O)C=CC(C)(C)C)c1)C2=O. The van der Waals surface area contributed by atoms with Crippen molar-refractivity contribution in [3.8, 4) is 5.75 Å². The summed E-state index contributed by atoms with van der Waals surface area (Å²) in [5.41, 5.74) is 2.23. The molecular weight excluding hydrogens is 528 g/mol. The maximum absolute atomic E-state index is 13.5. The first-order valence-corrected chi connectivity index (χ1v) is 14.5. The van der Waals surface area contributed by atoms with Gasteiger partial charge in [-0.05, 0) is 42.5 Å². The van der Waals surface area contributed by atoms with E-state index in [1.165, 1.54) is 0 Å². The normalized spacial score (nSPS) is 13.6. The Morgan fingerprint density at radius 3 is 2.64 bits per heavy atom. The number of amides is 2. The lowest BCUT2D eigenvalue weighted by molar-refractivity contribution is -0.126. The van der Waals surface area contributed by atoms with E-state index in [9.17, 15) is 9.59 Å². The van der Waals surface area contributed by atoms with Crippen LogP contribution in [0.4, 0.5) is 17.5 Å². The summed E-state index contributed by atoms with van der Waals surface area (Å²) < 4.78 is 6.09. The number of aromatic nitrogens is 2. The van der Waals surface area contributed by atoms with Gasteiger partial charge in [-0.3, -0.25) is 9.59 Å². The number of carbonyl (C=O) groups excluding carboxylic acids is 2. The molecule has 0 fully saturated rings. The van der Waals surface area contributed by atoms with E-state index >= 15 is 0 Å². The highest BCUT2D eigenvalue weighted by molar-refractivity contribution is 6.09. The molecule has 0 radical (unpaired) electrons. The molecule has 42 heavy (non-hydrogen) atoms. The van der Waals surface area contributed by atoms with Gasteiger partial charge in [-0.2, -0.15) is 4.98 Å². The number of hydrogen-bond acceptors (Lipinski definition) is 7. The van der Waals surface area contributed by atoms with Crippen molar-refractivity contribution in [3.05, 3.63) is 84.1 Å². The highest BCUT2D eigenvalue weighted by Crippen LogP contribution is 2.28. The van der Waals surface area contributed by atoms with Crippen LogP contribution < -0.4 is 19.9 Å². The van der Waals surface area contributed by atoms with Crippen molar-refractivity contribution in [3.63, 3.8) is 0 Å². The maximum Gasteiger partial charge on any atom is 0.263 e. The third-order valence-corrected chi connectivity index (χ3v) is 6.82. The first-order valence-electron chi connectivity index (χ1n) is 14.5. The number of nitrogens with one attached hydrogen (secondary N) is 1. The monoisotopic (exact) mass is 570 g/mol. The molecule has 9 heteroatoms. The van der Waals surface area contributed by atoms with Crippen LogP contribution in [0.2, 0.25) is 0 Å². The summed E-state index contributed by atoms with van der Waals surface area (Å²) in [6.45, 7) is 11.6. The van der Waals surface area contributed by atoms with E-state index in [0.29, 0.717) is 68.8 Å². The van der Waals surface area contributed by atoms with E-state index in [-0.39, 0.29) is 17.2 Å². The molecule has 0 unspecified atom stereocenters. The first kappa shape index (κ1) is 30.6. The summed E-state index contributed by atoms with van der Waals surface area (Å²) in [7, 11) is 1.93. The molecule has 0 atom stereocenters. The summed E-state index contributed by atoms with van der Waals surface area (Å²) >= 11 is 0. The fourth-order valence-corrected chi connectivity index (χ4v) is 4.59. The molecule has 0 saturated heterocycles. The smallest absolute Gasteiger partial charge is 0.263 e. The van der Waals surface area contributed by atoms with Crippen LogP contribution in [0.5, 0.6) is 5.75 Å². The quantitative estimate of drug-likeness (QED) is 0.244. The van der Waals surface area contributed by atoms with Crippen LogP contribution in [0, 0.1) is 5.41 Å². The van der Waals surface area contributed by atoms with Crippen LogP contribution in [0.15, 0.2) is 72.9 Å². The van der Waals surface area contributed by atoms with Gasteiger partial charge in [-0.25, -0.2) is 4.98 Å². The fourth-order valence-electron chi connectivity index (χ4n) is 4.59. The molecule has 2 aromatic carbocycles. The summed E-state index contributed by atoms with van der Waals surface area (Å²) in [4.78, 5) is 41.1. The summed E-state index contributed by atoms with van der Waals surface area (Å²) in [6.07, 6.45) is 5.88. The number of fused-ring (bicyclic) bond motifs is 1. The molecule has 0 saturated carbocycles. The summed E-state index contributed by atoms with van der Waals surface area (Å²) in [6, 6.07) is 17.6. The average Bonchev–Trinajstić information content (AvgIpc) is 3.09. The van der Waals surface area contributed by atoms with Crippen molar-refractivity contribution in [2.75, 3.05) is 55.0 Å². The molecule has 0 bridgehead atoms. The molecule has 9 nitrogen and oxygen atoms in total. The Morgan fingerprint density at radius 2 is 1.90 bits per heavy atom. The van der Waals surface area contributed by atoms with Gasteiger partial charge in [0, 0.05) is 57.7 Å². The van der Waals surface area contributed by atoms with Gasteiger partial charge in [-0.15, -0.1) is 0 Å². The molecule has 1 aliphatic heterocycles. The molecule has 1 aromatic heterocycles. The van der Waals surface area contributed by atoms with Crippen LogP contribution in [-0.2, 0) is 11.3 Å². The van der Waals surface area contributed by atoms with E-state index in [2.05, 4.69) is 36.1 Å². The zero-order valence-corrected chi connectivity index (χ0v) is 25.3. The van der Waals surface area contributed by atoms with Gasteiger partial charge in [0.1, 0.15) is 17.1 Å². The van der Waals surface area contributed by atoms with E-state index in [1.807, 2.05) is 84.4 Å². The van der Waals surface area contributed by atoms with Crippen molar-refractivity contribution in [2.45, 2.75) is 40.7 Å². The van der Waals surface area contributed by atoms with Crippen molar-refractivity contribution >= 4 is 29.3 Å². The minimum Gasteiger partial charge on any atom is -0.493 e. The number of benzene rings is 2. The highest BCUT2D eigenvalue weighted by atomic mass is 16.5. The zero-order chi connectivity index (χ0) is 30.1. The van der Waals surface area contributed by atoms with Gasteiger partial charge >= 0.3 is 0 Å². The van der Waals surface area contributed by atoms with Crippen LogP contribution in [-0.4, -0.2) is 66.5 Å². The zero-order valence-electron chi connectivity index (χ0n) is 25.3. The lowest BCUT2D eigenvalue weighted by Crippen LogP contribution is -2.33. The molecule has 2 heterocycles. The van der Waals surface area contributed by atoms with Gasteiger partial charge < -0.3 is 24.8 Å². The van der Waals surface area contributed by atoms with Crippen LogP contribution in [0.25, 0.3) is 0 Å². The van der Waals surface area contributed by atoms with Gasteiger partial charge in [0.25, 0.3) is 5.91 Å². The third-order valence-electron chi connectivity index (χ3n) is 6.82. The molecule has 222 valence electrons. The van der Waals surface area contributed by atoms with Crippen LogP contribution in [0.3, 0.4) is 0 Å². The molecule has 3 aromatic rings. The lowest BCUT2D eigenvalue weighted by atomic mass is 9.96. The molecule has 0 spiro atoms. The predicted octanol–water partition coefficient (Wildman–Crippen LogP) is 5.41. The maximum atomic E-state index is 13.5. The number of hydrogen-bond donors (Lipinski definition) is 1. The highest BCUT2D eigenvalue weighted by Gasteiger charge is 2.28. The predicted molar refractivity (Wildman–Crippen MR) is 168 cm³/mol. The second-order valence-corrected chi connectivity index (χ2v) is 11.5. The van der Waals surface area contributed by atoms with Gasteiger partial charge in [0.05, 0.1) is 6.61 Å². The number of rotatable bonds is 11. The van der Waals surface area contributed by atoms with E-state index in [4.69, 9.17) is 4.74 Å². The number of allylic oxidation sites excluding steroid dienone is 1. The molecule has 1 aliphatic rings. The minimum atomic E-state index is -0.145. The van der Waals surface area contributed by atoms with Crippen molar-refractivity contribution in [1.29, 1.82) is 0 Å². The summed E-state index contributed by atoms with van der Waals surface area (Å²) in [5, 5.41) is 3.11. The minimum absolute atomic E-state index is 0.0118. The van der Waals surface area contributed by atoms with Gasteiger partial charge in [-0.1, -0.05) is 63.2 Å². The Morgan fingerprint density at radius 1 is 1.12 bits per heavy atom. The molecule has 1 N–H and O–H groups in total. The lowest BCUT2D eigenvalue weighted by Gasteiger charge is -2.23. The Hall–Kier alpha value is -4.40. The van der Waals surface area contributed by atoms with Crippen molar-refractivity contribution in [2.24, 2.45) is 5.41 Å². The molecular formula is C33H42N6O3. The van der Waals surface area contributed by atoms with Crippen molar-refractivity contribution < 1.29 is 14.3 Å². The fraction of sp³-hybridized carbons (Fsp3) is 0.394. The van der Waals surface area contributed by atoms with Gasteiger partial charge in [0.15, 0.2) is 0 Å². The van der Waals surface area contributed by atoms with Crippen molar-refractivity contribution in [1.82, 2.24) is 14.9 Å². The second kappa shape index (κ2) is 14.0. The molecule has 0 aliphatic carbocycles. The number of anilines is 3. The Labute approximate surface area is 249 Å². The number of ether oxygens (including phenoxy) is 1. The van der Waals surface area contributed by atoms with E-state index < -0.39 is 0 Å². The Bertz CT molecular complexity index is 1390. The molecule has 2 amide bonds. The topological polar surface area (TPSA) is 90.9 Å². The second-order valence-electron chi connectivity index (χ2n) is 11.5. The standard InChI is InChI=1S/C33H42N6O3/c1-6-34-32-35-23-28-30(36-32)37(5)19-20-39(31(28)41)26-14-10-15-27(22-26)42-21-11-18-38(24-25-12-8-7-9-13-25)29(40)16-17-33(2,3)4/h7-10,12-17,22-23H,6,11,18-21,24H2,1-5H3,(H,34,35,36). The number of likely N-dealkylation sites (N-methyl/N-ethyl adjacent to an activating group) is 1. The van der Waals surface area contributed by atoms with E-state index in [0.717, 1.165) is 11.3 Å². The average molecular weight is 571 g/mol.